The lowest BCUT2D eigenvalue weighted by molar-refractivity contribution is 0.571. The molecule has 2 unspecified atom stereocenters. The SMILES string of the molecule is CC(c1ccccc1)C1N=CC=CN1c1ccccc1. The van der Waals surface area contributed by atoms with Gasteiger partial charge in [0.05, 0.1) is 0 Å². The molecule has 0 fully saturated rings. The van der Waals surface area contributed by atoms with Gasteiger partial charge in [-0.25, -0.2) is 0 Å². The Bertz CT molecular complexity index is 602. The van der Waals surface area contributed by atoms with Gasteiger partial charge in [-0.1, -0.05) is 55.5 Å². The van der Waals surface area contributed by atoms with Crippen molar-refractivity contribution in [2.75, 3.05) is 4.90 Å². The van der Waals surface area contributed by atoms with Gasteiger partial charge in [-0.3, -0.25) is 4.99 Å². The Balaban J connectivity index is 1.91. The summed E-state index contributed by atoms with van der Waals surface area (Å²) in [6.07, 6.45) is 6.08. The van der Waals surface area contributed by atoms with Crippen LogP contribution in [-0.2, 0) is 0 Å². The fourth-order valence-electron chi connectivity index (χ4n) is 2.57. The molecule has 0 aliphatic carbocycles. The van der Waals surface area contributed by atoms with E-state index in [-0.39, 0.29) is 6.17 Å². The summed E-state index contributed by atoms with van der Waals surface area (Å²) in [5, 5.41) is 0. The minimum Gasteiger partial charge on any atom is -0.325 e. The molecule has 0 saturated carbocycles. The fourth-order valence-corrected chi connectivity index (χ4v) is 2.57. The smallest absolute Gasteiger partial charge is 0.131 e. The molecular weight excluding hydrogens is 244 g/mol. The van der Waals surface area contributed by atoms with E-state index in [1.807, 2.05) is 18.4 Å². The molecule has 20 heavy (non-hydrogen) atoms. The Labute approximate surface area is 120 Å². The number of hydrogen-bond acceptors (Lipinski definition) is 2. The second-order valence-corrected chi connectivity index (χ2v) is 5.00. The maximum absolute atomic E-state index is 4.68. The average molecular weight is 262 g/mol. The molecule has 0 spiro atoms. The van der Waals surface area contributed by atoms with Crippen molar-refractivity contribution in [3.05, 3.63) is 78.5 Å². The van der Waals surface area contributed by atoms with E-state index < -0.39 is 0 Å². The predicted molar refractivity (Wildman–Crippen MR) is 85.2 cm³/mol. The Morgan fingerprint density at radius 1 is 0.950 bits per heavy atom. The van der Waals surface area contributed by atoms with E-state index >= 15 is 0 Å². The zero-order valence-electron chi connectivity index (χ0n) is 11.6. The summed E-state index contributed by atoms with van der Waals surface area (Å²) in [7, 11) is 0. The highest BCUT2D eigenvalue weighted by atomic mass is 15.2. The van der Waals surface area contributed by atoms with Crippen LogP contribution in [0.25, 0.3) is 0 Å². The third kappa shape index (κ3) is 2.50. The van der Waals surface area contributed by atoms with Crippen molar-refractivity contribution in [3.63, 3.8) is 0 Å². The van der Waals surface area contributed by atoms with Gasteiger partial charge in [0.1, 0.15) is 6.17 Å². The maximum atomic E-state index is 4.68. The first-order chi connectivity index (χ1) is 9.86. The summed E-state index contributed by atoms with van der Waals surface area (Å²) in [6.45, 7) is 2.23. The second kappa shape index (κ2) is 5.74. The van der Waals surface area contributed by atoms with Gasteiger partial charge in [-0.15, -0.1) is 0 Å². The number of hydrogen-bond donors (Lipinski definition) is 0. The number of anilines is 1. The molecule has 2 atom stereocenters. The summed E-state index contributed by atoms with van der Waals surface area (Å²) in [6, 6.07) is 21.0. The number of aliphatic imine (C=N–C) groups is 1. The van der Waals surface area contributed by atoms with Crippen LogP contribution in [0.3, 0.4) is 0 Å². The van der Waals surface area contributed by atoms with Crippen LogP contribution in [-0.4, -0.2) is 12.4 Å². The first-order valence-electron chi connectivity index (χ1n) is 6.94. The second-order valence-electron chi connectivity index (χ2n) is 5.00. The largest absolute Gasteiger partial charge is 0.325 e. The van der Waals surface area contributed by atoms with Gasteiger partial charge >= 0.3 is 0 Å². The predicted octanol–water partition coefficient (Wildman–Crippen LogP) is 4.22. The molecule has 2 heteroatoms. The number of rotatable bonds is 3. The van der Waals surface area contributed by atoms with Crippen molar-refractivity contribution in [2.24, 2.45) is 4.99 Å². The topological polar surface area (TPSA) is 15.6 Å². The Kier molecular flexibility index (Phi) is 3.64. The van der Waals surface area contributed by atoms with Gasteiger partial charge in [0.15, 0.2) is 0 Å². The van der Waals surface area contributed by atoms with E-state index in [1.165, 1.54) is 11.3 Å². The molecule has 100 valence electrons. The number of nitrogens with zero attached hydrogens (tertiary/aromatic N) is 2. The van der Waals surface area contributed by atoms with Gasteiger partial charge < -0.3 is 4.90 Å². The zero-order valence-corrected chi connectivity index (χ0v) is 11.6. The lowest BCUT2D eigenvalue weighted by Gasteiger charge is -2.33. The molecule has 1 heterocycles. The third-order valence-electron chi connectivity index (χ3n) is 3.68. The van der Waals surface area contributed by atoms with Crippen molar-refractivity contribution in [2.45, 2.75) is 19.0 Å². The van der Waals surface area contributed by atoms with E-state index in [0.717, 1.165) is 0 Å². The quantitative estimate of drug-likeness (QED) is 0.808. The van der Waals surface area contributed by atoms with Crippen molar-refractivity contribution in [3.8, 4) is 0 Å². The molecule has 1 aliphatic heterocycles. The first-order valence-corrected chi connectivity index (χ1v) is 6.94. The molecule has 0 bridgehead atoms. The molecule has 1 aliphatic rings. The van der Waals surface area contributed by atoms with Crippen LogP contribution in [0.15, 0.2) is 77.9 Å². The van der Waals surface area contributed by atoms with Gasteiger partial charge in [-0.05, 0) is 23.8 Å². The molecular formula is C18H18N2. The first kappa shape index (κ1) is 12.7. The van der Waals surface area contributed by atoms with E-state index in [9.17, 15) is 0 Å². The summed E-state index contributed by atoms with van der Waals surface area (Å²) < 4.78 is 0. The lowest BCUT2D eigenvalue weighted by Crippen LogP contribution is -2.35. The van der Waals surface area contributed by atoms with Crippen molar-refractivity contribution < 1.29 is 0 Å². The van der Waals surface area contributed by atoms with Crippen molar-refractivity contribution in [1.82, 2.24) is 0 Å². The molecule has 0 aromatic heterocycles. The summed E-state index contributed by atoms with van der Waals surface area (Å²) in [4.78, 5) is 6.91. The highest BCUT2D eigenvalue weighted by molar-refractivity contribution is 5.75. The summed E-state index contributed by atoms with van der Waals surface area (Å²) in [5.74, 6) is 0.331. The fraction of sp³-hybridized carbons (Fsp3) is 0.167. The van der Waals surface area contributed by atoms with Crippen molar-refractivity contribution in [1.29, 1.82) is 0 Å². The monoisotopic (exact) mass is 262 g/mol. The van der Waals surface area contributed by atoms with Gasteiger partial charge in [0.25, 0.3) is 0 Å². The minimum atomic E-state index is 0.102. The molecule has 2 aromatic rings. The van der Waals surface area contributed by atoms with Crippen LogP contribution in [0.5, 0.6) is 0 Å². The van der Waals surface area contributed by atoms with E-state index in [2.05, 4.69) is 77.6 Å². The molecule has 2 nitrogen and oxygen atoms in total. The van der Waals surface area contributed by atoms with Crippen LogP contribution in [0.1, 0.15) is 18.4 Å². The zero-order chi connectivity index (χ0) is 13.8. The molecule has 0 amide bonds. The summed E-state index contributed by atoms with van der Waals surface area (Å²) in [5.41, 5.74) is 2.49. The molecule has 2 aromatic carbocycles. The normalized spacial score (nSPS) is 19.1. The third-order valence-corrected chi connectivity index (χ3v) is 3.68. The van der Waals surface area contributed by atoms with Gasteiger partial charge in [-0.2, -0.15) is 0 Å². The molecule has 3 rings (SSSR count). The number of para-hydroxylation sites is 1. The number of benzene rings is 2. The number of allylic oxidation sites excluding steroid dienone is 1. The van der Waals surface area contributed by atoms with E-state index in [0.29, 0.717) is 5.92 Å². The Hall–Kier alpha value is -2.35. The average Bonchev–Trinajstić information content (AvgIpc) is 2.56. The molecule has 0 radical (unpaired) electrons. The Morgan fingerprint density at radius 2 is 1.60 bits per heavy atom. The van der Waals surface area contributed by atoms with Crippen molar-refractivity contribution >= 4 is 11.9 Å². The van der Waals surface area contributed by atoms with Crippen LogP contribution in [0, 0.1) is 0 Å². The van der Waals surface area contributed by atoms with Crippen LogP contribution in [0.4, 0.5) is 5.69 Å². The maximum Gasteiger partial charge on any atom is 0.131 e. The molecule has 0 N–H and O–H groups in total. The standard InChI is InChI=1S/C18H18N2/c1-15(16-9-4-2-5-10-16)18-19-13-8-14-20(18)17-11-6-3-7-12-17/h2-15,18H,1H3. The lowest BCUT2D eigenvalue weighted by atomic mass is 9.96. The molecule has 0 saturated heterocycles. The van der Waals surface area contributed by atoms with Crippen LogP contribution in [0.2, 0.25) is 0 Å². The van der Waals surface area contributed by atoms with Crippen LogP contribution >= 0.6 is 0 Å². The van der Waals surface area contributed by atoms with E-state index in [4.69, 9.17) is 0 Å². The minimum absolute atomic E-state index is 0.102. The highest BCUT2D eigenvalue weighted by Crippen LogP contribution is 2.29. The summed E-state index contributed by atoms with van der Waals surface area (Å²) >= 11 is 0. The van der Waals surface area contributed by atoms with Crippen LogP contribution < -0.4 is 4.90 Å². The Morgan fingerprint density at radius 3 is 2.30 bits per heavy atom. The van der Waals surface area contributed by atoms with Gasteiger partial charge in [0, 0.05) is 24.0 Å². The highest BCUT2D eigenvalue weighted by Gasteiger charge is 2.24. The van der Waals surface area contributed by atoms with E-state index in [1.54, 1.807) is 0 Å². The van der Waals surface area contributed by atoms with Gasteiger partial charge in [0.2, 0.25) is 0 Å².